The maximum absolute atomic E-state index is 14.6. The van der Waals surface area contributed by atoms with Crippen molar-refractivity contribution in [2.75, 3.05) is 4.90 Å². The van der Waals surface area contributed by atoms with Gasteiger partial charge in [-0.3, -0.25) is 0 Å². The second-order valence-corrected chi connectivity index (χ2v) is 13.5. The highest BCUT2D eigenvalue weighted by molar-refractivity contribution is 6.11. The Bertz CT molecular complexity index is 1650. The highest BCUT2D eigenvalue weighted by Crippen LogP contribution is 2.45. The zero-order valence-corrected chi connectivity index (χ0v) is 29.4. The Kier molecular flexibility index (Phi) is 12.2. The minimum atomic E-state index is -5.19. The summed E-state index contributed by atoms with van der Waals surface area (Å²) in [6.45, 7) is 13.7. The Morgan fingerprint density at radius 1 is 0.922 bits per heavy atom. The third kappa shape index (κ3) is 10.7. The van der Waals surface area contributed by atoms with Gasteiger partial charge in [-0.1, -0.05) is 36.4 Å². The van der Waals surface area contributed by atoms with E-state index in [1.807, 2.05) is 0 Å². The third-order valence-electron chi connectivity index (χ3n) is 6.70. The lowest BCUT2D eigenvalue weighted by atomic mass is 10.1. The lowest BCUT2D eigenvalue weighted by molar-refractivity contribution is -0.289. The van der Waals surface area contributed by atoms with Crippen molar-refractivity contribution in [2.45, 2.75) is 110 Å². The lowest BCUT2D eigenvalue weighted by Crippen LogP contribution is -2.44. The molecule has 3 aromatic rings. The van der Waals surface area contributed by atoms with E-state index < -0.39 is 88.7 Å². The number of imide groups is 1. The molecule has 0 radical (unpaired) electrons. The zero-order valence-electron chi connectivity index (χ0n) is 29.4. The summed E-state index contributed by atoms with van der Waals surface area (Å²) >= 11 is 0. The average Bonchev–Trinajstić information content (AvgIpc) is 3.48. The molecular weight excluding hydrogens is 690 g/mol. The number of rotatable bonds is 11. The molecule has 0 spiro atoms. The summed E-state index contributed by atoms with van der Waals surface area (Å²) in [5.74, 6) is -3.13. The van der Waals surface area contributed by atoms with Gasteiger partial charge in [0.1, 0.15) is 16.8 Å². The summed E-state index contributed by atoms with van der Waals surface area (Å²) < 4.78 is 114. The van der Waals surface area contributed by atoms with Gasteiger partial charge in [-0.25, -0.2) is 14.6 Å². The number of carbonyl (C=O) groups excluding carboxylic acids is 2. The van der Waals surface area contributed by atoms with E-state index in [2.05, 4.69) is 21.8 Å². The van der Waals surface area contributed by atoms with Crippen LogP contribution in [0.3, 0.4) is 0 Å². The van der Waals surface area contributed by atoms with Crippen molar-refractivity contribution >= 4 is 17.9 Å². The predicted octanol–water partition coefficient (Wildman–Crippen LogP) is 9.55. The molecule has 0 saturated carbocycles. The number of pyridine rings is 1. The normalized spacial score (nSPS) is 14.3. The predicted molar refractivity (Wildman–Crippen MR) is 172 cm³/mol. The molecule has 2 heterocycles. The van der Waals surface area contributed by atoms with E-state index in [4.69, 9.17) is 23.4 Å². The fourth-order valence-corrected chi connectivity index (χ4v) is 4.17. The van der Waals surface area contributed by atoms with Gasteiger partial charge in [0, 0.05) is 0 Å². The molecule has 2 atom stereocenters. The molecule has 2 amide bonds. The van der Waals surface area contributed by atoms with Gasteiger partial charge >= 0.3 is 24.5 Å². The average molecular weight is 731 g/mol. The number of alkyl halides is 6. The van der Waals surface area contributed by atoms with Crippen LogP contribution in [0.1, 0.15) is 85.2 Å². The van der Waals surface area contributed by atoms with E-state index in [-0.39, 0.29) is 11.3 Å². The van der Waals surface area contributed by atoms with Gasteiger partial charge in [0.25, 0.3) is 11.8 Å². The maximum Gasteiger partial charge on any atom is 0.426 e. The molecule has 0 unspecified atom stereocenters. The van der Waals surface area contributed by atoms with Crippen molar-refractivity contribution in [2.24, 2.45) is 0 Å². The van der Waals surface area contributed by atoms with Crippen molar-refractivity contribution in [3.8, 4) is 17.5 Å². The molecule has 280 valence electrons. The van der Waals surface area contributed by atoms with Crippen molar-refractivity contribution in [3.05, 3.63) is 66.1 Å². The van der Waals surface area contributed by atoms with Crippen LogP contribution in [-0.4, -0.2) is 50.9 Å². The number of anilines is 1. The Labute approximate surface area is 290 Å². The molecular formula is C34H40F6N4O7. The number of hydrogen-bond acceptors (Lipinski definition) is 10. The Hall–Kier alpha value is -4.67. The second-order valence-electron chi connectivity index (χ2n) is 13.5. The topological polar surface area (TPSA) is 126 Å². The molecule has 0 fully saturated rings. The molecule has 0 N–H and O–H groups in total. The first kappa shape index (κ1) is 40.8. The van der Waals surface area contributed by atoms with Crippen LogP contribution in [0.2, 0.25) is 0 Å². The largest absolute Gasteiger partial charge is 0.474 e. The van der Waals surface area contributed by atoms with Crippen molar-refractivity contribution in [1.82, 2.24) is 15.2 Å². The van der Waals surface area contributed by atoms with Gasteiger partial charge in [-0.05, 0) is 79.9 Å². The standard InChI is InChI=1S/C34H40F6N4O7/c1-10-11-15-20(2)48-25-22(33(35,36)37)18-23(44(28(45)50-30(3,4)5)29(46)51-31(6,7)8)24(41-25)26-42-43-27(49-26)32(9,34(38,39)40)47-19-21-16-13-12-14-17-21/h10,12-14,16-18,20H,1,11,15,19H2,2-9H3/t20-,32-/m1/s1. The molecule has 0 saturated heterocycles. The van der Waals surface area contributed by atoms with E-state index in [1.54, 1.807) is 18.2 Å². The van der Waals surface area contributed by atoms with E-state index in [0.717, 1.165) is 0 Å². The maximum atomic E-state index is 14.6. The summed E-state index contributed by atoms with van der Waals surface area (Å²) in [4.78, 5) is 31.1. The first-order valence-corrected chi connectivity index (χ1v) is 15.6. The van der Waals surface area contributed by atoms with Gasteiger partial charge in [-0.15, -0.1) is 16.8 Å². The highest BCUT2D eigenvalue weighted by atomic mass is 19.4. The molecule has 1 aromatic carbocycles. The molecule has 0 aliphatic rings. The summed E-state index contributed by atoms with van der Waals surface area (Å²) in [6, 6.07) is 8.21. The number of allylic oxidation sites excluding steroid dienone is 1. The molecule has 11 nitrogen and oxygen atoms in total. The summed E-state index contributed by atoms with van der Waals surface area (Å²) in [7, 11) is 0. The number of ether oxygens (including phenoxy) is 4. The summed E-state index contributed by atoms with van der Waals surface area (Å²) in [5, 5.41) is 7.18. The number of halogens is 6. The fourth-order valence-electron chi connectivity index (χ4n) is 4.17. The Balaban J connectivity index is 2.35. The quantitative estimate of drug-likeness (QED) is 0.139. The number of hydrogen-bond donors (Lipinski definition) is 0. The SMILES string of the molecule is C=CCC[C@@H](C)Oc1nc(-c2nnc([C@@](C)(OCc3ccccc3)C(F)(F)F)o2)c(N(C(=O)OC(C)(C)C)C(=O)OC(C)(C)C)cc1C(F)(F)F. The van der Waals surface area contributed by atoms with Crippen LogP contribution in [-0.2, 0) is 32.6 Å². The first-order chi connectivity index (χ1) is 23.4. The zero-order chi connectivity index (χ0) is 38.6. The second kappa shape index (κ2) is 15.3. The van der Waals surface area contributed by atoms with Crippen molar-refractivity contribution in [3.63, 3.8) is 0 Å². The Morgan fingerprint density at radius 2 is 1.49 bits per heavy atom. The van der Waals surface area contributed by atoms with Crippen LogP contribution in [0.15, 0.2) is 53.5 Å². The minimum Gasteiger partial charge on any atom is -0.474 e. The van der Waals surface area contributed by atoms with E-state index >= 15 is 0 Å². The smallest absolute Gasteiger partial charge is 0.426 e. The molecule has 17 heteroatoms. The van der Waals surface area contributed by atoms with Gasteiger partial charge in [0.05, 0.1) is 18.4 Å². The molecule has 0 aliphatic heterocycles. The number of aromatic nitrogens is 3. The van der Waals surface area contributed by atoms with Gasteiger partial charge in [0.15, 0.2) is 5.69 Å². The number of nitrogens with zero attached hydrogens (tertiary/aromatic N) is 4. The molecule has 0 bridgehead atoms. The first-order valence-electron chi connectivity index (χ1n) is 15.6. The van der Waals surface area contributed by atoms with Crippen molar-refractivity contribution in [1.29, 1.82) is 0 Å². The number of amides is 2. The molecule has 3 rings (SSSR count). The van der Waals surface area contributed by atoms with Crippen LogP contribution in [0, 0.1) is 0 Å². The van der Waals surface area contributed by atoms with E-state index in [0.29, 0.717) is 25.0 Å². The molecule has 2 aromatic heterocycles. The molecule has 51 heavy (non-hydrogen) atoms. The third-order valence-corrected chi connectivity index (χ3v) is 6.70. The lowest BCUT2D eigenvalue weighted by Gasteiger charge is -2.30. The van der Waals surface area contributed by atoms with Crippen LogP contribution in [0.4, 0.5) is 41.6 Å². The summed E-state index contributed by atoms with van der Waals surface area (Å²) in [6.07, 6.45) is -12.2. The molecule has 0 aliphatic carbocycles. The van der Waals surface area contributed by atoms with Gasteiger partial charge in [0.2, 0.25) is 11.5 Å². The number of carbonyl (C=O) groups is 2. The van der Waals surface area contributed by atoms with Crippen LogP contribution >= 0.6 is 0 Å². The van der Waals surface area contributed by atoms with Crippen LogP contribution < -0.4 is 9.64 Å². The van der Waals surface area contributed by atoms with Crippen LogP contribution in [0.25, 0.3) is 11.6 Å². The minimum absolute atomic E-state index is 0.109. The Morgan fingerprint density at radius 3 is 1.98 bits per heavy atom. The fraction of sp³-hybridized carbons (Fsp3) is 0.500. The van der Waals surface area contributed by atoms with E-state index in [9.17, 15) is 35.9 Å². The summed E-state index contributed by atoms with van der Waals surface area (Å²) in [5.41, 5.74) is -8.79. The highest BCUT2D eigenvalue weighted by Gasteiger charge is 2.58. The van der Waals surface area contributed by atoms with E-state index in [1.165, 1.54) is 66.7 Å². The van der Waals surface area contributed by atoms with Gasteiger partial charge in [-0.2, -0.15) is 31.2 Å². The van der Waals surface area contributed by atoms with Crippen LogP contribution in [0.5, 0.6) is 5.88 Å². The number of benzene rings is 1. The monoisotopic (exact) mass is 730 g/mol. The van der Waals surface area contributed by atoms with Crippen molar-refractivity contribution < 1.29 is 59.3 Å². The van der Waals surface area contributed by atoms with Gasteiger partial charge < -0.3 is 23.4 Å².